The van der Waals surface area contributed by atoms with Crippen LogP contribution in [-0.4, -0.2) is 34.0 Å². The fraction of sp³-hybridized carbons (Fsp3) is 0.214. The molecule has 0 unspecified atom stereocenters. The number of ether oxygens (including phenoxy) is 1. The average molecular weight is 501 g/mol. The van der Waals surface area contributed by atoms with E-state index in [0.717, 1.165) is 30.6 Å². The lowest BCUT2D eigenvalue weighted by atomic mass is 10.2. The van der Waals surface area contributed by atoms with E-state index in [9.17, 15) is 9.59 Å². The van der Waals surface area contributed by atoms with Gasteiger partial charge >= 0.3 is 0 Å². The molecule has 0 radical (unpaired) electrons. The minimum absolute atomic E-state index is 0.0551. The van der Waals surface area contributed by atoms with Crippen LogP contribution >= 0.6 is 11.8 Å². The van der Waals surface area contributed by atoms with Crippen LogP contribution in [0.4, 0.5) is 0 Å². The number of unbranched alkanes of at least 4 members (excludes halogenated alkanes) is 2. The number of nitrogens with zero attached hydrogens (tertiary/aromatic N) is 3. The Bertz CT molecular complexity index is 1390. The lowest BCUT2D eigenvalue weighted by Crippen LogP contribution is -2.24. The van der Waals surface area contributed by atoms with Crippen LogP contribution in [0.25, 0.3) is 16.6 Å². The van der Waals surface area contributed by atoms with Gasteiger partial charge in [0.25, 0.3) is 11.5 Å². The Labute approximate surface area is 214 Å². The van der Waals surface area contributed by atoms with Gasteiger partial charge in [-0.25, -0.2) is 10.4 Å². The molecule has 0 aliphatic carbocycles. The number of hydrogen-bond acceptors (Lipinski definition) is 6. The quantitative estimate of drug-likeness (QED) is 0.101. The molecule has 4 rings (SSSR count). The van der Waals surface area contributed by atoms with Crippen LogP contribution in [0.3, 0.4) is 0 Å². The molecule has 7 nitrogen and oxygen atoms in total. The Morgan fingerprint density at radius 1 is 1.03 bits per heavy atom. The molecule has 8 heteroatoms. The maximum Gasteiger partial charge on any atom is 0.266 e. The molecule has 1 aromatic heterocycles. The van der Waals surface area contributed by atoms with Crippen molar-refractivity contribution in [2.24, 2.45) is 5.10 Å². The van der Waals surface area contributed by atoms with Crippen LogP contribution in [0.15, 0.2) is 93.9 Å². The van der Waals surface area contributed by atoms with Gasteiger partial charge in [-0.1, -0.05) is 61.9 Å². The van der Waals surface area contributed by atoms with E-state index in [1.807, 2.05) is 66.7 Å². The molecule has 4 aromatic rings. The number of benzene rings is 3. The van der Waals surface area contributed by atoms with Gasteiger partial charge in [0.15, 0.2) is 5.16 Å². The molecule has 0 aliphatic heterocycles. The van der Waals surface area contributed by atoms with Gasteiger partial charge in [0.1, 0.15) is 5.75 Å². The highest BCUT2D eigenvalue weighted by molar-refractivity contribution is 7.99. The number of hydrogen-bond donors (Lipinski definition) is 1. The largest absolute Gasteiger partial charge is 0.494 e. The highest BCUT2D eigenvalue weighted by Gasteiger charge is 2.14. The molecular weight excluding hydrogens is 472 g/mol. The van der Waals surface area contributed by atoms with E-state index in [4.69, 9.17) is 4.74 Å². The zero-order valence-electron chi connectivity index (χ0n) is 20.1. The summed E-state index contributed by atoms with van der Waals surface area (Å²) >= 11 is 1.19. The summed E-state index contributed by atoms with van der Waals surface area (Å²) in [6.07, 6.45) is 4.94. The summed E-state index contributed by atoms with van der Waals surface area (Å²) in [5, 5.41) is 5.02. The van der Waals surface area contributed by atoms with Crippen molar-refractivity contribution < 1.29 is 9.53 Å². The molecule has 1 amide bonds. The second-order valence-electron chi connectivity index (χ2n) is 8.09. The first-order chi connectivity index (χ1) is 17.7. The number of rotatable bonds is 11. The zero-order chi connectivity index (χ0) is 25.2. The smallest absolute Gasteiger partial charge is 0.266 e. The number of thioether (sulfide) groups is 1. The van der Waals surface area contributed by atoms with Crippen molar-refractivity contribution in [1.82, 2.24) is 15.0 Å². The summed E-state index contributed by atoms with van der Waals surface area (Å²) < 4.78 is 7.25. The minimum atomic E-state index is -0.297. The summed E-state index contributed by atoms with van der Waals surface area (Å²) in [4.78, 5) is 30.3. The van der Waals surface area contributed by atoms with E-state index in [1.165, 1.54) is 16.3 Å². The monoisotopic (exact) mass is 500 g/mol. The summed E-state index contributed by atoms with van der Waals surface area (Å²) in [6, 6.07) is 24.0. The van der Waals surface area contributed by atoms with E-state index >= 15 is 0 Å². The van der Waals surface area contributed by atoms with Crippen molar-refractivity contribution in [3.05, 3.63) is 94.8 Å². The van der Waals surface area contributed by atoms with Crippen LogP contribution in [0.2, 0.25) is 0 Å². The first kappa shape index (κ1) is 25.2. The van der Waals surface area contributed by atoms with Gasteiger partial charge in [0.2, 0.25) is 0 Å². The van der Waals surface area contributed by atoms with E-state index in [2.05, 4.69) is 22.4 Å². The van der Waals surface area contributed by atoms with Crippen molar-refractivity contribution >= 4 is 34.8 Å². The zero-order valence-corrected chi connectivity index (χ0v) is 20.9. The van der Waals surface area contributed by atoms with Crippen LogP contribution in [0.1, 0.15) is 31.7 Å². The molecule has 0 spiro atoms. The van der Waals surface area contributed by atoms with Crippen molar-refractivity contribution in [1.29, 1.82) is 0 Å². The highest BCUT2D eigenvalue weighted by Crippen LogP contribution is 2.21. The van der Waals surface area contributed by atoms with Crippen molar-refractivity contribution in [2.45, 2.75) is 31.3 Å². The van der Waals surface area contributed by atoms with Crippen LogP contribution < -0.4 is 15.7 Å². The molecule has 0 fully saturated rings. The Morgan fingerprint density at radius 3 is 2.56 bits per heavy atom. The van der Waals surface area contributed by atoms with E-state index in [-0.39, 0.29) is 17.2 Å². The number of amides is 1. The molecule has 0 saturated heterocycles. The lowest BCUT2D eigenvalue weighted by molar-refractivity contribution is -0.118. The van der Waals surface area contributed by atoms with Crippen LogP contribution in [-0.2, 0) is 4.79 Å². The van der Waals surface area contributed by atoms with Gasteiger partial charge in [0, 0.05) is 0 Å². The first-order valence-corrected chi connectivity index (χ1v) is 12.9. The predicted molar refractivity (Wildman–Crippen MR) is 145 cm³/mol. The summed E-state index contributed by atoms with van der Waals surface area (Å²) in [5.74, 6) is 0.574. The third-order valence-corrected chi connectivity index (χ3v) is 6.33. The van der Waals surface area contributed by atoms with Gasteiger partial charge < -0.3 is 4.74 Å². The molecule has 0 atom stereocenters. The number of fused-ring (bicyclic) bond motifs is 1. The third-order valence-electron chi connectivity index (χ3n) is 5.39. The van der Waals surface area contributed by atoms with Gasteiger partial charge in [-0.3, -0.25) is 14.2 Å². The number of carbonyl (C=O) groups excluding carboxylic acids is 1. The molecule has 184 valence electrons. The van der Waals surface area contributed by atoms with E-state index < -0.39 is 0 Å². The predicted octanol–water partition coefficient (Wildman–Crippen LogP) is 5.20. The van der Waals surface area contributed by atoms with Crippen molar-refractivity contribution in [3.8, 4) is 11.4 Å². The molecule has 1 N–H and O–H groups in total. The number of hydrazone groups is 1. The Kier molecular flexibility index (Phi) is 8.88. The molecule has 36 heavy (non-hydrogen) atoms. The second kappa shape index (κ2) is 12.7. The number of aromatic nitrogens is 2. The maximum absolute atomic E-state index is 13.2. The standard InChI is InChI=1S/C28H28N4O3S/c1-2-3-9-18-35-23-16-14-21(15-17-23)19-29-31-26(33)20-36-28-30-25-13-8-7-12-24(25)27(34)32(28)22-10-5-4-6-11-22/h4-8,10-17,19H,2-3,9,18,20H2,1H3,(H,31,33)/b29-19-. The Hall–Kier alpha value is -3.91. The van der Waals surface area contributed by atoms with E-state index in [0.29, 0.717) is 28.4 Å². The topological polar surface area (TPSA) is 85.6 Å². The summed E-state index contributed by atoms with van der Waals surface area (Å²) in [7, 11) is 0. The Balaban J connectivity index is 1.39. The van der Waals surface area contributed by atoms with Crippen molar-refractivity contribution in [2.75, 3.05) is 12.4 Å². The average Bonchev–Trinajstić information content (AvgIpc) is 2.91. The third kappa shape index (κ3) is 6.60. The molecule has 3 aromatic carbocycles. The number of para-hydroxylation sites is 2. The minimum Gasteiger partial charge on any atom is -0.494 e. The second-order valence-corrected chi connectivity index (χ2v) is 9.04. The van der Waals surface area contributed by atoms with Gasteiger partial charge in [-0.15, -0.1) is 0 Å². The molecule has 0 saturated carbocycles. The SMILES string of the molecule is CCCCCOc1ccc(/C=N\NC(=O)CSc2nc3ccccc3c(=O)n2-c2ccccc2)cc1. The normalized spacial score (nSPS) is 11.1. The highest BCUT2D eigenvalue weighted by atomic mass is 32.2. The molecule has 1 heterocycles. The van der Waals surface area contributed by atoms with Crippen molar-refractivity contribution in [3.63, 3.8) is 0 Å². The number of nitrogens with one attached hydrogen (secondary N) is 1. The Morgan fingerprint density at radius 2 is 1.78 bits per heavy atom. The van der Waals surface area contributed by atoms with Crippen LogP contribution in [0, 0.1) is 0 Å². The summed E-state index contributed by atoms with van der Waals surface area (Å²) in [6.45, 7) is 2.87. The lowest BCUT2D eigenvalue weighted by Gasteiger charge is -2.12. The fourth-order valence-corrected chi connectivity index (χ4v) is 4.35. The summed E-state index contributed by atoms with van der Waals surface area (Å²) in [5.41, 5.74) is 4.49. The van der Waals surface area contributed by atoms with Gasteiger partial charge in [0.05, 0.1) is 35.2 Å². The maximum atomic E-state index is 13.2. The molecule has 0 aliphatic rings. The first-order valence-electron chi connectivity index (χ1n) is 11.9. The van der Waals surface area contributed by atoms with E-state index in [1.54, 1.807) is 18.3 Å². The van der Waals surface area contributed by atoms with Crippen LogP contribution in [0.5, 0.6) is 5.75 Å². The van der Waals surface area contributed by atoms with Gasteiger partial charge in [-0.2, -0.15) is 5.10 Å². The van der Waals surface area contributed by atoms with Gasteiger partial charge in [-0.05, 0) is 60.5 Å². The fourth-order valence-electron chi connectivity index (χ4n) is 3.55. The molecular formula is C28H28N4O3S. The number of carbonyl (C=O) groups is 1. The molecule has 0 bridgehead atoms.